The molecule has 0 aliphatic rings. The Kier molecular flexibility index (Phi) is 13.0. The van der Waals surface area contributed by atoms with Crippen molar-refractivity contribution in [2.24, 2.45) is 0 Å². The van der Waals surface area contributed by atoms with Gasteiger partial charge in [0.15, 0.2) is 0 Å². The summed E-state index contributed by atoms with van der Waals surface area (Å²) in [6.07, 6.45) is 7.51. The van der Waals surface area contributed by atoms with Crippen LogP contribution in [0.25, 0.3) is 0 Å². The molecule has 2 N–H and O–H groups in total. The number of hydrogen-bond donors (Lipinski definition) is 2. The molecule has 0 aliphatic carbocycles. The number of carbonyl (C=O) groups excluding carboxylic acids is 1. The van der Waals surface area contributed by atoms with Crippen molar-refractivity contribution in [3.8, 4) is 0 Å². The van der Waals surface area contributed by atoms with Crippen LogP contribution in [-0.2, 0) is 9.53 Å². The fourth-order valence-corrected chi connectivity index (χ4v) is 1.87. The first-order valence-corrected chi connectivity index (χ1v) is 8.14. The minimum atomic E-state index is -0.00143. The normalized spacial score (nSPS) is 11.3. The highest BCUT2D eigenvalue weighted by molar-refractivity contribution is 5.77. The van der Waals surface area contributed by atoms with Gasteiger partial charge in [-0.3, -0.25) is 4.79 Å². The number of nitrogens with one attached hydrogen (secondary N) is 2. The van der Waals surface area contributed by atoms with Gasteiger partial charge in [-0.05, 0) is 33.2 Å². The van der Waals surface area contributed by atoms with E-state index in [2.05, 4.69) is 24.5 Å². The van der Waals surface area contributed by atoms with E-state index < -0.39 is 0 Å². The predicted octanol–water partition coefficient (Wildman–Crippen LogP) is 2.87. The van der Waals surface area contributed by atoms with Crippen molar-refractivity contribution in [1.29, 1.82) is 0 Å². The van der Waals surface area contributed by atoms with Crippen molar-refractivity contribution in [2.75, 3.05) is 19.7 Å². The Balaban J connectivity index is 3.14. The van der Waals surface area contributed by atoms with Gasteiger partial charge in [-0.15, -0.1) is 0 Å². The fraction of sp³-hybridized carbons (Fsp3) is 0.938. The van der Waals surface area contributed by atoms with Crippen LogP contribution in [-0.4, -0.2) is 37.7 Å². The van der Waals surface area contributed by atoms with Crippen molar-refractivity contribution < 1.29 is 9.53 Å². The smallest absolute Gasteiger partial charge is 0.246 e. The molecule has 0 rings (SSSR count). The quantitative estimate of drug-likeness (QED) is 0.512. The van der Waals surface area contributed by atoms with Crippen LogP contribution in [0.15, 0.2) is 0 Å². The Morgan fingerprint density at radius 2 is 1.45 bits per heavy atom. The summed E-state index contributed by atoms with van der Waals surface area (Å²) in [7, 11) is 0. The molecule has 0 unspecified atom stereocenters. The highest BCUT2D eigenvalue weighted by Gasteiger charge is 2.01. The molecule has 20 heavy (non-hydrogen) atoms. The van der Waals surface area contributed by atoms with E-state index in [1.54, 1.807) is 0 Å². The molecule has 120 valence electrons. The third-order valence-corrected chi connectivity index (χ3v) is 3.03. The molecule has 0 bridgehead atoms. The highest BCUT2D eigenvalue weighted by Crippen LogP contribution is 2.04. The number of ether oxygens (including phenoxy) is 1. The predicted molar refractivity (Wildman–Crippen MR) is 84.9 cm³/mol. The summed E-state index contributed by atoms with van der Waals surface area (Å²) in [4.78, 5) is 11.4. The average molecular weight is 286 g/mol. The molecule has 0 heterocycles. The Hall–Kier alpha value is -0.610. The molecule has 0 aromatic rings. The molecule has 0 saturated heterocycles. The standard InChI is InChI=1S/C16H34N2O2/c1-14(2)17-11-9-7-5-6-8-10-12-18-16(19)13-20-15(3)4/h14-15,17H,5-13H2,1-4H3,(H,18,19). The van der Waals surface area contributed by atoms with E-state index in [9.17, 15) is 4.79 Å². The molecular weight excluding hydrogens is 252 g/mol. The zero-order valence-electron chi connectivity index (χ0n) is 13.8. The Morgan fingerprint density at radius 3 is 2.00 bits per heavy atom. The second-order valence-electron chi connectivity index (χ2n) is 5.94. The van der Waals surface area contributed by atoms with E-state index >= 15 is 0 Å². The summed E-state index contributed by atoms with van der Waals surface area (Å²) in [5.74, 6) is -0.00143. The molecule has 0 spiro atoms. The van der Waals surface area contributed by atoms with Gasteiger partial charge in [0.25, 0.3) is 0 Å². The topological polar surface area (TPSA) is 50.4 Å². The lowest BCUT2D eigenvalue weighted by atomic mass is 10.1. The zero-order valence-corrected chi connectivity index (χ0v) is 13.8. The van der Waals surface area contributed by atoms with Gasteiger partial charge in [0.05, 0.1) is 6.10 Å². The Morgan fingerprint density at radius 1 is 0.900 bits per heavy atom. The maximum Gasteiger partial charge on any atom is 0.246 e. The van der Waals surface area contributed by atoms with Crippen LogP contribution in [0.3, 0.4) is 0 Å². The number of unbranched alkanes of at least 4 members (excludes halogenated alkanes) is 5. The molecule has 0 aliphatic heterocycles. The van der Waals surface area contributed by atoms with Gasteiger partial charge >= 0.3 is 0 Å². The van der Waals surface area contributed by atoms with Crippen molar-refractivity contribution in [3.63, 3.8) is 0 Å². The number of carbonyl (C=O) groups is 1. The third kappa shape index (κ3) is 15.4. The molecule has 0 fully saturated rings. The molecule has 4 nitrogen and oxygen atoms in total. The molecule has 0 aromatic heterocycles. The first kappa shape index (κ1) is 19.4. The van der Waals surface area contributed by atoms with Crippen LogP contribution in [0, 0.1) is 0 Å². The number of rotatable bonds is 13. The molecule has 0 radical (unpaired) electrons. The van der Waals surface area contributed by atoms with Gasteiger partial charge in [0, 0.05) is 12.6 Å². The lowest BCUT2D eigenvalue weighted by Gasteiger charge is -2.08. The van der Waals surface area contributed by atoms with E-state index in [4.69, 9.17) is 4.74 Å². The second-order valence-corrected chi connectivity index (χ2v) is 5.94. The van der Waals surface area contributed by atoms with Crippen LogP contribution in [0.5, 0.6) is 0 Å². The maximum absolute atomic E-state index is 11.4. The van der Waals surface area contributed by atoms with Gasteiger partial charge < -0.3 is 15.4 Å². The Labute approximate surface area is 125 Å². The first-order valence-electron chi connectivity index (χ1n) is 8.14. The van der Waals surface area contributed by atoms with Crippen molar-refractivity contribution in [3.05, 3.63) is 0 Å². The largest absolute Gasteiger partial charge is 0.369 e. The van der Waals surface area contributed by atoms with Crippen molar-refractivity contribution in [2.45, 2.75) is 78.4 Å². The van der Waals surface area contributed by atoms with Gasteiger partial charge in [-0.2, -0.15) is 0 Å². The zero-order chi connectivity index (χ0) is 15.2. The minimum absolute atomic E-state index is 0.00143. The summed E-state index contributed by atoms with van der Waals surface area (Å²) in [6.45, 7) is 10.3. The number of amides is 1. The van der Waals surface area contributed by atoms with Crippen LogP contribution >= 0.6 is 0 Å². The highest BCUT2D eigenvalue weighted by atomic mass is 16.5. The summed E-state index contributed by atoms with van der Waals surface area (Å²) < 4.78 is 5.24. The Bertz CT molecular complexity index is 231. The van der Waals surface area contributed by atoms with Crippen LogP contribution in [0.1, 0.15) is 66.2 Å². The van der Waals surface area contributed by atoms with Gasteiger partial charge in [-0.25, -0.2) is 0 Å². The molecule has 0 saturated carbocycles. The molecule has 0 atom stereocenters. The molecular formula is C16H34N2O2. The molecule has 1 amide bonds. The summed E-state index contributed by atoms with van der Waals surface area (Å²) in [5.41, 5.74) is 0. The van der Waals surface area contributed by atoms with Gasteiger partial charge in [0.2, 0.25) is 5.91 Å². The van der Waals surface area contributed by atoms with Crippen molar-refractivity contribution in [1.82, 2.24) is 10.6 Å². The monoisotopic (exact) mass is 286 g/mol. The van der Waals surface area contributed by atoms with Crippen LogP contribution in [0.2, 0.25) is 0 Å². The van der Waals surface area contributed by atoms with E-state index in [0.29, 0.717) is 6.04 Å². The third-order valence-electron chi connectivity index (χ3n) is 3.03. The molecule has 4 heteroatoms. The van der Waals surface area contributed by atoms with Crippen LogP contribution in [0.4, 0.5) is 0 Å². The summed E-state index contributed by atoms with van der Waals surface area (Å²) >= 11 is 0. The van der Waals surface area contributed by atoms with Gasteiger partial charge in [0.1, 0.15) is 6.61 Å². The van der Waals surface area contributed by atoms with E-state index in [1.807, 2.05) is 13.8 Å². The second kappa shape index (κ2) is 13.4. The summed E-state index contributed by atoms with van der Waals surface area (Å²) in [5, 5.41) is 6.32. The van der Waals surface area contributed by atoms with E-state index in [0.717, 1.165) is 19.5 Å². The maximum atomic E-state index is 11.4. The SMILES string of the molecule is CC(C)NCCCCCCCCNC(=O)COC(C)C. The van der Waals surface area contributed by atoms with Gasteiger partial charge in [-0.1, -0.05) is 39.5 Å². The lowest BCUT2D eigenvalue weighted by Crippen LogP contribution is -2.29. The first-order chi connectivity index (χ1) is 9.52. The lowest BCUT2D eigenvalue weighted by molar-refractivity contribution is -0.127. The number of hydrogen-bond acceptors (Lipinski definition) is 3. The molecule has 0 aromatic carbocycles. The van der Waals surface area contributed by atoms with Crippen molar-refractivity contribution >= 4 is 5.91 Å². The average Bonchev–Trinajstić information content (AvgIpc) is 2.38. The van der Waals surface area contributed by atoms with Crippen LogP contribution < -0.4 is 10.6 Å². The van der Waals surface area contributed by atoms with E-state index in [-0.39, 0.29) is 18.6 Å². The fourth-order valence-electron chi connectivity index (χ4n) is 1.87. The van der Waals surface area contributed by atoms with E-state index in [1.165, 1.54) is 32.1 Å². The summed E-state index contributed by atoms with van der Waals surface area (Å²) in [6, 6.07) is 0.596. The minimum Gasteiger partial charge on any atom is -0.369 e.